The molecule has 0 aromatic rings. The van der Waals surface area contributed by atoms with Crippen LogP contribution in [0.5, 0.6) is 0 Å². The lowest BCUT2D eigenvalue weighted by atomic mass is 9.85. The monoisotopic (exact) mass is 280 g/mol. The van der Waals surface area contributed by atoms with E-state index in [0.29, 0.717) is 0 Å². The van der Waals surface area contributed by atoms with E-state index in [1.807, 2.05) is 0 Å². The van der Waals surface area contributed by atoms with Gasteiger partial charge in [-0.1, -0.05) is 0 Å². The maximum absolute atomic E-state index is 12.7. The number of hydrogen-bond acceptors (Lipinski definition) is 3. The van der Waals surface area contributed by atoms with Crippen LogP contribution in [0.1, 0.15) is 6.42 Å². The van der Waals surface area contributed by atoms with Crippen molar-refractivity contribution < 1.29 is 36.0 Å². The van der Waals surface area contributed by atoms with Gasteiger partial charge in [0, 0.05) is 6.54 Å². The zero-order valence-corrected chi connectivity index (χ0v) is 8.91. The number of amides is 1. The van der Waals surface area contributed by atoms with Gasteiger partial charge in [-0.2, -0.15) is 26.3 Å². The molecule has 1 atom stereocenters. The molecular weight excluding hydrogens is 270 g/mol. The second-order valence-electron chi connectivity index (χ2n) is 3.84. The lowest BCUT2D eigenvalue weighted by Crippen LogP contribution is -2.52. The Hall–Kier alpha value is -1.03. The summed E-state index contributed by atoms with van der Waals surface area (Å²) < 4.78 is 73.4. The minimum atomic E-state index is -4.86. The summed E-state index contributed by atoms with van der Waals surface area (Å²) in [7, 11) is 0. The summed E-state index contributed by atoms with van der Waals surface area (Å²) >= 11 is 0. The maximum Gasteiger partial charge on any atom is 0.414 e. The van der Waals surface area contributed by atoms with Gasteiger partial charge in [-0.05, 0) is 13.0 Å². The largest absolute Gasteiger partial charge is 0.414 e. The first-order valence-corrected chi connectivity index (χ1v) is 4.85. The molecule has 106 valence electrons. The minimum Gasteiger partial charge on any atom is -0.315 e. The van der Waals surface area contributed by atoms with Crippen molar-refractivity contribution in [1.29, 1.82) is 0 Å². The molecule has 1 fully saturated rings. The van der Waals surface area contributed by atoms with Crippen LogP contribution in [-0.4, -0.2) is 38.0 Å². The van der Waals surface area contributed by atoms with Crippen LogP contribution in [0.25, 0.3) is 0 Å². The van der Waals surface area contributed by atoms with Crippen LogP contribution in [0.3, 0.4) is 0 Å². The summed E-state index contributed by atoms with van der Waals surface area (Å²) in [6, 6.07) is 0. The Labute approximate surface area is 97.6 Å². The fraction of sp³-hybridized carbons (Fsp3) is 0.875. The number of rotatable bonds is 3. The summed E-state index contributed by atoms with van der Waals surface area (Å²) in [6.45, 7) is -2.58. The van der Waals surface area contributed by atoms with E-state index in [1.165, 1.54) is 5.48 Å². The molecule has 0 radical (unpaired) electrons. The lowest BCUT2D eigenvalue weighted by molar-refractivity contribution is -0.228. The molecule has 0 spiro atoms. The van der Waals surface area contributed by atoms with Crippen molar-refractivity contribution in [3.8, 4) is 0 Å². The van der Waals surface area contributed by atoms with E-state index in [9.17, 15) is 31.1 Å². The molecule has 1 saturated heterocycles. The van der Waals surface area contributed by atoms with Gasteiger partial charge < -0.3 is 5.32 Å². The highest BCUT2D eigenvalue weighted by Gasteiger charge is 2.61. The number of nitrogens with one attached hydrogen (secondary N) is 2. The Bertz CT molecular complexity index is 308. The van der Waals surface area contributed by atoms with E-state index in [-0.39, 0.29) is 6.54 Å². The molecule has 0 aliphatic carbocycles. The SMILES string of the molecule is O=C(NOCC(F)(F)F)C1(C(F)(F)F)CCNC1. The molecule has 1 aliphatic heterocycles. The third-order valence-corrected chi connectivity index (χ3v) is 2.53. The van der Waals surface area contributed by atoms with Crippen molar-refractivity contribution >= 4 is 5.91 Å². The van der Waals surface area contributed by atoms with Crippen molar-refractivity contribution in [1.82, 2.24) is 10.8 Å². The number of carbonyl (C=O) groups excluding carboxylic acids is 1. The molecular formula is C8H10F6N2O2. The summed E-state index contributed by atoms with van der Waals surface area (Å²) in [6.07, 6.45) is -10.1. The molecule has 1 unspecified atom stereocenters. The van der Waals surface area contributed by atoms with Gasteiger partial charge in [0.2, 0.25) is 0 Å². The molecule has 2 N–H and O–H groups in total. The third-order valence-electron chi connectivity index (χ3n) is 2.53. The molecule has 1 rings (SSSR count). The zero-order valence-electron chi connectivity index (χ0n) is 8.91. The summed E-state index contributed by atoms with van der Waals surface area (Å²) in [5.74, 6) is -1.62. The van der Waals surface area contributed by atoms with E-state index in [1.54, 1.807) is 0 Å². The van der Waals surface area contributed by atoms with E-state index in [4.69, 9.17) is 0 Å². The van der Waals surface area contributed by atoms with Crippen LogP contribution in [-0.2, 0) is 9.63 Å². The summed E-state index contributed by atoms with van der Waals surface area (Å²) in [5.41, 5.74) is -1.53. The highest BCUT2D eigenvalue weighted by Crippen LogP contribution is 2.43. The third kappa shape index (κ3) is 3.25. The number of hydroxylamine groups is 1. The number of hydrogen-bond donors (Lipinski definition) is 2. The number of halogens is 6. The van der Waals surface area contributed by atoms with E-state index in [0.717, 1.165) is 0 Å². The lowest BCUT2D eigenvalue weighted by Gasteiger charge is -2.28. The van der Waals surface area contributed by atoms with Gasteiger partial charge in [-0.3, -0.25) is 9.63 Å². The van der Waals surface area contributed by atoms with E-state index >= 15 is 0 Å². The van der Waals surface area contributed by atoms with Gasteiger partial charge in [-0.25, -0.2) is 5.48 Å². The summed E-state index contributed by atoms with van der Waals surface area (Å²) in [4.78, 5) is 15.1. The fourth-order valence-electron chi connectivity index (χ4n) is 1.54. The van der Waals surface area contributed by atoms with Crippen LogP contribution in [0.4, 0.5) is 26.3 Å². The van der Waals surface area contributed by atoms with Gasteiger partial charge in [0.05, 0.1) is 0 Å². The van der Waals surface area contributed by atoms with Gasteiger partial charge in [0.1, 0.15) is 0 Å². The normalized spacial score (nSPS) is 25.2. The predicted molar refractivity (Wildman–Crippen MR) is 46.1 cm³/mol. The zero-order chi connectivity index (χ0) is 14.0. The highest BCUT2D eigenvalue weighted by atomic mass is 19.4. The van der Waals surface area contributed by atoms with Crippen molar-refractivity contribution in [2.75, 3.05) is 19.7 Å². The van der Waals surface area contributed by atoms with Crippen molar-refractivity contribution in [3.05, 3.63) is 0 Å². The predicted octanol–water partition coefficient (Wildman–Crippen LogP) is 1.14. The highest BCUT2D eigenvalue weighted by molar-refractivity contribution is 5.83. The van der Waals surface area contributed by atoms with E-state index in [2.05, 4.69) is 10.2 Å². The Morgan fingerprint density at radius 1 is 1.28 bits per heavy atom. The Balaban J connectivity index is 2.63. The fourth-order valence-corrected chi connectivity index (χ4v) is 1.54. The average molecular weight is 280 g/mol. The first-order valence-electron chi connectivity index (χ1n) is 4.85. The molecule has 1 amide bonds. The molecule has 0 saturated carbocycles. The maximum atomic E-state index is 12.7. The second-order valence-corrected chi connectivity index (χ2v) is 3.84. The van der Waals surface area contributed by atoms with Crippen molar-refractivity contribution in [2.45, 2.75) is 18.8 Å². The van der Waals surface area contributed by atoms with Crippen LogP contribution in [0.15, 0.2) is 0 Å². The van der Waals surface area contributed by atoms with Crippen LogP contribution in [0.2, 0.25) is 0 Å². The topological polar surface area (TPSA) is 50.4 Å². The average Bonchev–Trinajstić information content (AvgIpc) is 2.63. The van der Waals surface area contributed by atoms with Crippen LogP contribution < -0.4 is 10.8 Å². The molecule has 10 heteroatoms. The van der Waals surface area contributed by atoms with Crippen molar-refractivity contribution in [3.63, 3.8) is 0 Å². The molecule has 0 aromatic heterocycles. The second kappa shape index (κ2) is 4.92. The molecule has 0 bridgehead atoms. The van der Waals surface area contributed by atoms with Crippen LogP contribution >= 0.6 is 0 Å². The Morgan fingerprint density at radius 3 is 2.28 bits per heavy atom. The van der Waals surface area contributed by atoms with Gasteiger partial charge in [0.25, 0.3) is 5.91 Å². The van der Waals surface area contributed by atoms with Gasteiger partial charge in [0.15, 0.2) is 12.0 Å². The number of alkyl halides is 6. The molecule has 0 aromatic carbocycles. The van der Waals surface area contributed by atoms with Crippen molar-refractivity contribution in [2.24, 2.45) is 5.41 Å². The molecule has 18 heavy (non-hydrogen) atoms. The van der Waals surface area contributed by atoms with E-state index < -0.39 is 43.2 Å². The smallest absolute Gasteiger partial charge is 0.315 e. The Kier molecular flexibility index (Phi) is 4.11. The first kappa shape index (κ1) is 15.0. The molecule has 1 heterocycles. The molecule has 4 nitrogen and oxygen atoms in total. The first-order chi connectivity index (χ1) is 8.08. The van der Waals surface area contributed by atoms with Gasteiger partial charge in [-0.15, -0.1) is 0 Å². The van der Waals surface area contributed by atoms with Crippen LogP contribution in [0, 0.1) is 5.41 Å². The molecule has 1 aliphatic rings. The minimum absolute atomic E-state index is 0.0494. The van der Waals surface area contributed by atoms with Gasteiger partial charge >= 0.3 is 12.4 Å². The summed E-state index contributed by atoms with van der Waals surface area (Å²) in [5, 5.41) is 2.35. The number of carbonyl (C=O) groups is 1. The Morgan fingerprint density at radius 2 is 1.89 bits per heavy atom. The quantitative estimate of drug-likeness (QED) is 0.602. The standard InChI is InChI=1S/C8H10F6N2O2/c9-7(10,11)4-18-16-5(17)6(8(12,13)14)1-2-15-3-6/h15H,1-4H2,(H,16,17).